The minimum atomic E-state index is -0.494. The van der Waals surface area contributed by atoms with Crippen LogP contribution in [0.5, 0.6) is 0 Å². The van der Waals surface area contributed by atoms with Crippen molar-refractivity contribution in [2.45, 2.75) is 19.4 Å². The molecular formula is C10H12ClN3O2. The first kappa shape index (κ1) is 12.4. The van der Waals surface area contributed by atoms with E-state index in [1.807, 2.05) is 6.92 Å². The van der Waals surface area contributed by atoms with Gasteiger partial charge in [-0.15, -0.1) is 6.58 Å². The molecule has 1 heterocycles. The van der Waals surface area contributed by atoms with Crippen LogP contribution in [0.4, 0.5) is 11.5 Å². The Kier molecular flexibility index (Phi) is 4.25. The first-order valence-corrected chi connectivity index (χ1v) is 5.10. The summed E-state index contributed by atoms with van der Waals surface area (Å²) in [6, 6.07) is 2.74. The molecule has 16 heavy (non-hydrogen) atoms. The molecule has 1 atom stereocenters. The molecule has 86 valence electrons. The Morgan fingerprint density at radius 2 is 2.44 bits per heavy atom. The molecule has 1 N–H and O–H groups in total. The first-order chi connectivity index (χ1) is 7.54. The Morgan fingerprint density at radius 1 is 1.75 bits per heavy atom. The van der Waals surface area contributed by atoms with Crippen molar-refractivity contribution >= 4 is 23.1 Å². The normalized spacial score (nSPS) is 11.9. The number of nitrogens with zero attached hydrogens (tertiary/aromatic N) is 2. The fourth-order valence-electron chi connectivity index (χ4n) is 1.22. The zero-order chi connectivity index (χ0) is 12.1. The predicted octanol–water partition coefficient (Wildman–Crippen LogP) is 3.02. The molecule has 0 aliphatic heterocycles. The lowest BCUT2D eigenvalue weighted by molar-refractivity contribution is -0.384. The second-order valence-electron chi connectivity index (χ2n) is 3.33. The highest BCUT2D eigenvalue weighted by molar-refractivity contribution is 6.29. The summed E-state index contributed by atoms with van der Waals surface area (Å²) in [6.45, 7) is 5.48. The van der Waals surface area contributed by atoms with Crippen LogP contribution >= 0.6 is 11.6 Å². The fourth-order valence-corrected chi connectivity index (χ4v) is 1.37. The molecule has 0 spiro atoms. The van der Waals surface area contributed by atoms with E-state index in [9.17, 15) is 10.1 Å². The van der Waals surface area contributed by atoms with Crippen LogP contribution in [-0.4, -0.2) is 15.9 Å². The van der Waals surface area contributed by atoms with Gasteiger partial charge in [0.25, 0.3) is 0 Å². The van der Waals surface area contributed by atoms with Crippen molar-refractivity contribution in [3.63, 3.8) is 0 Å². The van der Waals surface area contributed by atoms with Crippen molar-refractivity contribution in [1.29, 1.82) is 0 Å². The summed E-state index contributed by atoms with van der Waals surface area (Å²) in [5.74, 6) is 0.187. The Hall–Kier alpha value is -1.62. The smallest absolute Gasteiger partial charge is 0.311 e. The van der Waals surface area contributed by atoms with Crippen LogP contribution in [0.25, 0.3) is 0 Å². The number of aromatic nitrogens is 1. The minimum Gasteiger partial charge on any atom is -0.362 e. The van der Waals surface area contributed by atoms with Crippen LogP contribution in [0.2, 0.25) is 5.15 Å². The Labute approximate surface area is 98.3 Å². The fraction of sp³-hybridized carbons (Fsp3) is 0.300. The zero-order valence-corrected chi connectivity index (χ0v) is 9.57. The first-order valence-electron chi connectivity index (χ1n) is 4.73. The van der Waals surface area contributed by atoms with E-state index < -0.39 is 4.92 Å². The Bertz CT molecular complexity index is 409. The van der Waals surface area contributed by atoms with E-state index in [4.69, 9.17) is 11.6 Å². The number of rotatable bonds is 5. The van der Waals surface area contributed by atoms with E-state index in [1.165, 1.54) is 12.1 Å². The molecule has 0 saturated carbocycles. The second-order valence-corrected chi connectivity index (χ2v) is 3.72. The molecule has 0 aromatic carbocycles. The van der Waals surface area contributed by atoms with E-state index in [-0.39, 0.29) is 22.7 Å². The number of halogens is 1. The van der Waals surface area contributed by atoms with Gasteiger partial charge in [0.2, 0.25) is 5.82 Å². The summed E-state index contributed by atoms with van der Waals surface area (Å²) < 4.78 is 0. The predicted molar refractivity (Wildman–Crippen MR) is 63.8 cm³/mol. The number of pyridine rings is 1. The van der Waals surface area contributed by atoms with Crippen molar-refractivity contribution in [3.8, 4) is 0 Å². The summed E-state index contributed by atoms with van der Waals surface area (Å²) in [7, 11) is 0. The molecule has 1 aromatic rings. The second kappa shape index (κ2) is 5.46. The van der Waals surface area contributed by atoms with Crippen molar-refractivity contribution < 1.29 is 4.92 Å². The highest BCUT2D eigenvalue weighted by atomic mass is 35.5. The molecule has 0 saturated heterocycles. The lowest BCUT2D eigenvalue weighted by atomic mass is 10.2. The quantitative estimate of drug-likeness (QED) is 0.372. The van der Waals surface area contributed by atoms with E-state index in [0.717, 1.165) is 0 Å². The zero-order valence-electron chi connectivity index (χ0n) is 8.81. The lowest BCUT2D eigenvalue weighted by Crippen LogP contribution is -2.16. The number of anilines is 1. The maximum atomic E-state index is 10.7. The largest absolute Gasteiger partial charge is 0.362 e. The van der Waals surface area contributed by atoms with Gasteiger partial charge in [0.15, 0.2) is 0 Å². The van der Waals surface area contributed by atoms with Crippen LogP contribution in [0.1, 0.15) is 13.3 Å². The summed E-state index contributed by atoms with van der Waals surface area (Å²) >= 11 is 5.69. The third-order valence-corrected chi connectivity index (χ3v) is 2.15. The molecule has 0 fully saturated rings. The molecule has 1 aromatic heterocycles. The van der Waals surface area contributed by atoms with Gasteiger partial charge in [-0.1, -0.05) is 17.7 Å². The third kappa shape index (κ3) is 3.20. The monoisotopic (exact) mass is 241 g/mol. The summed E-state index contributed by atoms with van der Waals surface area (Å²) in [6.07, 6.45) is 2.42. The average molecular weight is 242 g/mol. The van der Waals surface area contributed by atoms with E-state index >= 15 is 0 Å². The highest BCUT2D eigenvalue weighted by Crippen LogP contribution is 2.24. The van der Waals surface area contributed by atoms with Crippen LogP contribution in [0.3, 0.4) is 0 Å². The van der Waals surface area contributed by atoms with Gasteiger partial charge in [0.1, 0.15) is 5.15 Å². The van der Waals surface area contributed by atoms with Gasteiger partial charge < -0.3 is 5.32 Å². The van der Waals surface area contributed by atoms with Crippen molar-refractivity contribution in [2.75, 3.05) is 5.32 Å². The summed E-state index contributed by atoms with van der Waals surface area (Å²) in [5.41, 5.74) is -0.0830. The summed E-state index contributed by atoms with van der Waals surface area (Å²) in [5, 5.41) is 13.9. The van der Waals surface area contributed by atoms with Crippen LogP contribution in [-0.2, 0) is 0 Å². The summed E-state index contributed by atoms with van der Waals surface area (Å²) in [4.78, 5) is 14.1. The molecule has 5 nitrogen and oxygen atoms in total. The number of nitrogens with one attached hydrogen (secondary N) is 1. The molecule has 0 bridgehead atoms. The van der Waals surface area contributed by atoms with Gasteiger partial charge in [-0.25, -0.2) is 4.98 Å². The van der Waals surface area contributed by atoms with Crippen LogP contribution in [0.15, 0.2) is 24.8 Å². The van der Waals surface area contributed by atoms with E-state index in [2.05, 4.69) is 16.9 Å². The molecule has 0 aliphatic rings. The van der Waals surface area contributed by atoms with Gasteiger partial charge in [-0.3, -0.25) is 10.1 Å². The molecule has 0 radical (unpaired) electrons. The number of hydrogen-bond acceptors (Lipinski definition) is 4. The van der Waals surface area contributed by atoms with Gasteiger partial charge in [0, 0.05) is 12.1 Å². The van der Waals surface area contributed by atoms with Crippen molar-refractivity contribution in [2.24, 2.45) is 0 Å². The average Bonchev–Trinajstić information content (AvgIpc) is 2.17. The number of nitro groups is 1. The standard InChI is InChI=1S/C10H12ClN3O2/c1-3-4-7(2)12-10-8(14(15)16)5-6-9(11)13-10/h3,5-7H,1,4H2,2H3,(H,12,13). The van der Waals surface area contributed by atoms with Crippen molar-refractivity contribution in [1.82, 2.24) is 4.98 Å². The molecule has 0 aliphatic carbocycles. The lowest BCUT2D eigenvalue weighted by Gasteiger charge is -2.12. The topological polar surface area (TPSA) is 68.1 Å². The van der Waals surface area contributed by atoms with Gasteiger partial charge in [0.05, 0.1) is 4.92 Å². The maximum Gasteiger partial charge on any atom is 0.311 e. The SMILES string of the molecule is C=CCC(C)Nc1nc(Cl)ccc1[N+](=O)[O-]. The van der Waals surface area contributed by atoms with Gasteiger partial charge >= 0.3 is 5.69 Å². The molecule has 1 unspecified atom stereocenters. The van der Waals surface area contributed by atoms with E-state index in [1.54, 1.807) is 6.08 Å². The van der Waals surface area contributed by atoms with Gasteiger partial charge in [-0.2, -0.15) is 0 Å². The Morgan fingerprint density at radius 3 is 3.00 bits per heavy atom. The third-order valence-electron chi connectivity index (χ3n) is 1.94. The molecule has 6 heteroatoms. The van der Waals surface area contributed by atoms with Crippen LogP contribution < -0.4 is 5.32 Å². The van der Waals surface area contributed by atoms with E-state index in [0.29, 0.717) is 6.42 Å². The molecule has 1 rings (SSSR count). The molecular weight excluding hydrogens is 230 g/mol. The maximum absolute atomic E-state index is 10.7. The highest BCUT2D eigenvalue weighted by Gasteiger charge is 2.16. The molecule has 0 amide bonds. The Balaban J connectivity index is 2.96. The number of hydrogen-bond donors (Lipinski definition) is 1. The van der Waals surface area contributed by atoms with Crippen LogP contribution in [0, 0.1) is 10.1 Å². The minimum absolute atomic E-state index is 0.0159. The van der Waals surface area contributed by atoms with Gasteiger partial charge in [-0.05, 0) is 19.4 Å². The van der Waals surface area contributed by atoms with Crippen molar-refractivity contribution in [3.05, 3.63) is 40.1 Å².